The quantitative estimate of drug-likeness (QED) is 0.255. The highest BCUT2D eigenvalue weighted by Crippen LogP contribution is 2.40. The number of carboxylic acid groups (broad SMARTS) is 1. The van der Waals surface area contributed by atoms with Gasteiger partial charge in [0, 0.05) is 23.7 Å². The van der Waals surface area contributed by atoms with Gasteiger partial charge in [-0.25, -0.2) is 4.79 Å². The van der Waals surface area contributed by atoms with Crippen LogP contribution in [0.15, 0.2) is 72.8 Å². The van der Waals surface area contributed by atoms with Crippen molar-refractivity contribution in [3.8, 4) is 5.69 Å². The zero-order valence-corrected chi connectivity index (χ0v) is 22.5. The van der Waals surface area contributed by atoms with Gasteiger partial charge in [0.25, 0.3) is 0 Å². The molecule has 198 valence electrons. The number of aromatic nitrogens is 1. The minimum absolute atomic E-state index is 0.120. The largest absolute Gasteiger partial charge is 0.755 e. The number of carboxylic acids is 1. The summed E-state index contributed by atoms with van der Waals surface area (Å²) >= 11 is -2.61. The van der Waals surface area contributed by atoms with Gasteiger partial charge in [-0.1, -0.05) is 55.2 Å². The van der Waals surface area contributed by atoms with E-state index in [2.05, 4.69) is 11.8 Å². The molecule has 7 nitrogen and oxygen atoms in total. The first-order chi connectivity index (χ1) is 18.4. The standard InChI is InChI=1S/C30H33N3O4S/c1-3-31(23-10-5-4-6-11-23)27-18-17-25(32-26-12-8-7-9-22(26)19-29(32)30(34)35)20-28(27)33(38(36)37)24-15-13-21(2)14-16-24/h7-9,12-20,23H,3-6,10-11H2,1-2H3,(H,34,35)(H,36,37)/p-1. The summed E-state index contributed by atoms with van der Waals surface area (Å²) in [6, 6.07) is 22.5. The Morgan fingerprint density at radius 2 is 1.71 bits per heavy atom. The van der Waals surface area contributed by atoms with E-state index < -0.39 is 17.2 Å². The second-order valence-corrected chi connectivity index (χ2v) is 10.6. The molecule has 0 radical (unpaired) electrons. The lowest BCUT2D eigenvalue weighted by atomic mass is 9.93. The number of hydrogen-bond donors (Lipinski definition) is 1. The molecule has 0 saturated heterocycles. The molecule has 0 aliphatic heterocycles. The van der Waals surface area contributed by atoms with Gasteiger partial charge in [0.2, 0.25) is 0 Å². The van der Waals surface area contributed by atoms with E-state index in [1.807, 2.05) is 55.5 Å². The Morgan fingerprint density at radius 3 is 2.37 bits per heavy atom. The number of hydrogen-bond acceptors (Lipinski definition) is 4. The Bertz CT molecular complexity index is 1470. The molecule has 8 heteroatoms. The molecule has 1 heterocycles. The molecule has 1 N–H and O–H groups in total. The first-order valence-electron chi connectivity index (χ1n) is 13.1. The Balaban J connectivity index is 1.75. The van der Waals surface area contributed by atoms with Crippen molar-refractivity contribution in [1.29, 1.82) is 0 Å². The van der Waals surface area contributed by atoms with E-state index in [4.69, 9.17) is 0 Å². The van der Waals surface area contributed by atoms with Gasteiger partial charge in [0.05, 0.1) is 33.8 Å². The molecule has 1 atom stereocenters. The number of aromatic carboxylic acids is 1. The van der Waals surface area contributed by atoms with Crippen LogP contribution in [0.1, 0.15) is 55.1 Å². The molecule has 0 spiro atoms. The third-order valence-corrected chi connectivity index (χ3v) is 8.15. The van der Waals surface area contributed by atoms with Gasteiger partial charge in [-0.2, -0.15) is 0 Å². The van der Waals surface area contributed by atoms with Crippen LogP contribution in [0.4, 0.5) is 17.1 Å². The molecule has 1 aliphatic carbocycles. The van der Waals surface area contributed by atoms with E-state index in [-0.39, 0.29) is 5.69 Å². The molecule has 38 heavy (non-hydrogen) atoms. The molecular weight excluding hydrogens is 498 g/mol. The fourth-order valence-corrected chi connectivity index (χ4v) is 6.25. The third kappa shape index (κ3) is 4.93. The normalized spacial score (nSPS) is 14.9. The fraction of sp³-hybridized carbons (Fsp3) is 0.300. The maximum Gasteiger partial charge on any atom is 0.352 e. The first kappa shape index (κ1) is 26.0. The number of anilines is 3. The summed E-state index contributed by atoms with van der Waals surface area (Å²) in [4.78, 5) is 14.5. The Hall–Kier alpha value is -3.62. The first-order valence-corrected chi connectivity index (χ1v) is 14.1. The summed E-state index contributed by atoms with van der Waals surface area (Å²) in [5, 5.41) is 10.8. The zero-order chi connectivity index (χ0) is 26.8. The second-order valence-electron chi connectivity index (χ2n) is 9.83. The Morgan fingerprint density at radius 1 is 1.00 bits per heavy atom. The molecule has 3 aromatic carbocycles. The van der Waals surface area contributed by atoms with Gasteiger partial charge in [0.1, 0.15) is 5.69 Å². The van der Waals surface area contributed by atoms with Gasteiger partial charge in [-0.15, -0.1) is 0 Å². The minimum atomic E-state index is -2.61. The molecule has 0 bridgehead atoms. The van der Waals surface area contributed by atoms with Crippen molar-refractivity contribution in [3.05, 3.63) is 84.1 Å². The molecule has 1 aromatic heterocycles. The van der Waals surface area contributed by atoms with Crippen LogP contribution >= 0.6 is 0 Å². The molecule has 4 aromatic rings. The molecular formula is C30H32N3O4S-. The van der Waals surface area contributed by atoms with Crippen molar-refractivity contribution < 1.29 is 18.7 Å². The Labute approximate surface area is 225 Å². The fourth-order valence-electron chi connectivity index (χ4n) is 5.65. The van der Waals surface area contributed by atoms with Crippen LogP contribution in [-0.2, 0) is 11.3 Å². The lowest BCUT2D eigenvalue weighted by Crippen LogP contribution is -2.38. The maximum atomic E-state index is 12.8. The van der Waals surface area contributed by atoms with E-state index in [9.17, 15) is 18.7 Å². The Kier molecular flexibility index (Phi) is 7.53. The van der Waals surface area contributed by atoms with Crippen molar-refractivity contribution in [3.63, 3.8) is 0 Å². The summed E-state index contributed by atoms with van der Waals surface area (Å²) in [6.45, 7) is 4.79. The minimum Gasteiger partial charge on any atom is -0.755 e. The number of rotatable bonds is 8. The molecule has 1 unspecified atom stereocenters. The molecule has 1 fully saturated rings. The number of nitrogens with zero attached hydrogens (tertiary/aromatic N) is 3. The maximum absolute atomic E-state index is 12.8. The van der Waals surface area contributed by atoms with Gasteiger partial charge < -0.3 is 19.1 Å². The summed E-state index contributed by atoms with van der Waals surface area (Å²) in [5.74, 6) is -1.05. The van der Waals surface area contributed by atoms with Gasteiger partial charge in [-0.05, 0) is 69.2 Å². The zero-order valence-electron chi connectivity index (χ0n) is 21.7. The van der Waals surface area contributed by atoms with Gasteiger partial charge in [-0.3, -0.25) is 8.51 Å². The van der Waals surface area contributed by atoms with E-state index >= 15 is 0 Å². The highest BCUT2D eigenvalue weighted by Gasteiger charge is 2.26. The molecule has 5 rings (SSSR count). The van der Waals surface area contributed by atoms with Crippen LogP contribution in [0.2, 0.25) is 0 Å². The average molecular weight is 531 g/mol. The molecule has 0 amide bonds. The predicted molar refractivity (Wildman–Crippen MR) is 152 cm³/mol. The average Bonchev–Trinajstić information content (AvgIpc) is 3.32. The smallest absolute Gasteiger partial charge is 0.352 e. The van der Waals surface area contributed by atoms with Crippen LogP contribution in [0.3, 0.4) is 0 Å². The van der Waals surface area contributed by atoms with Gasteiger partial charge in [0.15, 0.2) is 0 Å². The monoisotopic (exact) mass is 530 g/mol. The third-order valence-electron chi connectivity index (χ3n) is 7.45. The van der Waals surface area contributed by atoms with Crippen LogP contribution in [-0.4, -0.2) is 37.0 Å². The van der Waals surface area contributed by atoms with E-state index in [1.165, 1.54) is 10.7 Å². The SMILES string of the molecule is CCN(c1ccc(-n2c(C(=O)O)cc3ccccc32)cc1N(c1ccc(C)cc1)S(=O)[O-])C1CCCCC1. The number of para-hydroxylation sites is 1. The number of fused-ring (bicyclic) bond motifs is 1. The molecule has 1 aliphatic rings. The van der Waals surface area contributed by atoms with Crippen LogP contribution in [0, 0.1) is 6.92 Å². The number of aryl methyl sites for hydroxylation is 1. The van der Waals surface area contributed by atoms with Crippen molar-refractivity contribution in [2.24, 2.45) is 0 Å². The highest BCUT2D eigenvalue weighted by atomic mass is 32.2. The van der Waals surface area contributed by atoms with E-state index in [0.717, 1.165) is 54.4 Å². The lowest BCUT2D eigenvalue weighted by molar-refractivity contribution is 0.0688. The van der Waals surface area contributed by atoms with E-state index in [0.29, 0.717) is 23.1 Å². The second kappa shape index (κ2) is 11.0. The number of benzene rings is 3. The van der Waals surface area contributed by atoms with Crippen LogP contribution in [0.25, 0.3) is 16.6 Å². The topological polar surface area (TPSA) is 88.8 Å². The lowest BCUT2D eigenvalue weighted by Gasteiger charge is -2.39. The number of carbonyl (C=O) groups is 1. The predicted octanol–water partition coefficient (Wildman–Crippen LogP) is 6.73. The van der Waals surface area contributed by atoms with Crippen LogP contribution in [0.5, 0.6) is 0 Å². The van der Waals surface area contributed by atoms with E-state index in [1.54, 1.807) is 28.8 Å². The van der Waals surface area contributed by atoms with Crippen molar-refractivity contribution in [2.75, 3.05) is 15.7 Å². The summed E-state index contributed by atoms with van der Waals surface area (Å²) in [7, 11) is 0. The van der Waals surface area contributed by atoms with Crippen molar-refractivity contribution >= 4 is 45.2 Å². The highest BCUT2D eigenvalue weighted by molar-refractivity contribution is 7.81. The van der Waals surface area contributed by atoms with Crippen molar-refractivity contribution in [1.82, 2.24) is 4.57 Å². The summed E-state index contributed by atoms with van der Waals surface area (Å²) in [5.41, 5.74) is 4.33. The van der Waals surface area contributed by atoms with Gasteiger partial charge >= 0.3 is 5.97 Å². The molecule has 1 saturated carbocycles. The van der Waals surface area contributed by atoms with Crippen molar-refractivity contribution in [2.45, 2.75) is 52.0 Å². The summed E-state index contributed by atoms with van der Waals surface area (Å²) < 4.78 is 28.6. The summed E-state index contributed by atoms with van der Waals surface area (Å²) in [6.07, 6.45) is 5.65. The van der Waals surface area contributed by atoms with Crippen LogP contribution < -0.4 is 9.21 Å².